The number of esters is 3. The second-order valence-corrected chi connectivity index (χ2v) is 39.4. The molecule has 38 unspecified atom stereocenters. The second kappa shape index (κ2) is 39.7. The van der Waals surface area contributed by atoms with Gasteiger partial charge in [0.1, 0.15) is 159 Å². The highest BCUT2D eigenvalue weighted by molar-refractivity contribution is 5.87. The Morgan fingerprint density at radius 3 is 1.74 bits per heavy atom. The Hall–Kier alpha value is -4.78. The summed E-state index contributed by atoms with van der Waals surface area (Å²) in [4.78, 5) is 56.4. The number of hydrogen-bond donors (Lipinski definition) is 20. The molecule has 1 aromatic rings. The molecular weight excluding hydrogens is 1710 g/mol. The summed E-state index contributed by atoms with van der Waals surface area (Å²) >= 11 is 0. The number of nitrogens with one attached hydrogen (secondary N) is 1. The molecule has 42 nitrogen and oxygen atoms in total. The molecule has 20 N–H and O–H groups in total. The summed E-state index contributed by atoms with van der Waals surface area (Å²) in [5.41, 5.74) is -4.45. The molecule has 730 valence electrons. The fourth-order valence-corrected chi connectivity index (χ4v) is 22.8. The van der Waals surface area contributed by atoms with Crippen LogP contribution in [0.4, 0.5) is 0 Å². The third kappa shape index (κ3) is 19.4. The lowest BCUT2D eigenvalue weighted by molar-refractivity contribution is -0.381. The molecule has 8 saturated heterocycles. The van der Waals surface area contributed by atoms with Crippen molar-refractivity contribution in [1.82, 2.24) is 5.32 Å². The van der Waals surface area contributed by atoms with E-state index in [9.17, 15) is 111 Å². The number of aliphatic hydroxyl groups excluding tert-OH is 18. The molecule has 129 heavy (non-hydrogen) atoms. The summed E-state index contributed by atoms with van der Waals surface area (Å²) in [6, 6.07) is 7.22. The molecule has 0 bridgehead atoms. The van der Waals surface area contributed by atoms with Gasteiger partial charge in [0.15, 0.2) is 56.2 Å². The van der Waals surface area contributed by atoms with Gasteiger partial charge in [0.05, 0.1) is 64.4 Å². The number of ether oxygens (including phenoxy) is 18. The Labute approximate surface area is 744 Å². The Bertz CT molecular complexity index is 4040. The monoisotopic (exact) mass is 1850 g/mol. The second-order valence-electron chi connectivity index (χ2n) is 39.4. The van der Waals surface area contributed by atoms with Crippen LogP contribution in [0.2, 0.25) is 0 Å². The summed E-state index contributed by atoms with van der Waals surface area (Å²) in [5.74, 6) is -4.00. The minimum Gasteiger partial charge on any atom is -0.460 e. The Morgan fingerprint density at radius 1 is 0.504 bits per heavy atom. The van der Waals surface area contributed by atoms with E-state index in [1.807, 2.05) is 0 Å². The first-order valence-corrected chi connectivity index (χ1v) is 44.5. The number of benzene rings is 1. The van der Waals surface area contributed by atoms with Crippen LogP contribution in [0.25, 0.3) is 6.08 Å². The van der Waals surface area contributed by atoms with Crippen LogP contribution >= 0.6 is 0 Å². The normalized spacial score (nSPS) is 48.6. The number of amides is 1. The summed E-state index contributed by atoms with van der Waals surface area (Å²) in [7, 11) is 0. The third-order valence-corrected chi connectivity index (χ3v) is 30.5. The van der Waals surface area contributed by atoms with E-state index in [1.54, 1.807) is 30.3 Å². The number of fused-ring (bicyclic) bond motifs is 7. The lowest BCUT2D eigenvalue weighted by Crippen LogP contribution is -2.69. The first-order valence-electron chi connectivity index (χ1n) is 44.5. The van der Waals surface area contributed by atoms with Gasteiger partial charge in [-0.3, -0.25) is 14.4 Å². The average molecular weight is 1850 g/mol. The topological polar surface area (TPSA) is 631 Å². The van der Waals surface area contributed by atoms with Crippen molar-refractivity contribution < 1.29 is 201 Å². The fraction of sp³-hybridized carbons (Fsp3) is 0.839. The van der Waals surface area contributed by atoms with Gasteiger partial charge >= 0.3 is 17.9 Å². The molecule has 0 radical (unpaired) electrons. The molecule has 42 heteroatoms. The lowest BCUT2D eigenvalue weighted by atomic mass is 9.33. The zero-order valence-electron chi connectivity index (χ0n) is 73.5. The molecule has 43 atom stereocenters. The minimum absolute atomic E-state index is 0.0163. The van der Waals surface area contributed by atoms with Crippen LogP contribution in [0, 0.1) is 50.2 Å². The number of hydrogen-bond acceptors (Lipinski definition) is 41. The maximum Gasteiger partial charge on any atom is 0.330 e. The quantitative estimate of drug-likeness (QED) is 0.0136. The standard InChI is InChI=1S/C87H131NO41/c1-37(92)88-53-59(102)66(125-75-64(107)60(103)56(99)44(28-89)119-75)48(34-116-76-68(55(98)43(95)31-114-76)127-73-62(105)54(97)42(94)30-113-73)122-72(53)124-51-20-21-83(7)49(82(51,5)6)19-22-85(9)50(83)17-16-40-41-27-81(3,4)23-25-86(41,26-24-84(40,85)8)80(110)129-78-70(128-74-63(106)58(101)46(32-115-74)121-79-71(109)87(111,35-91)36-117-79)65(108)67(47(123-78)33-112-52(96)18-15-39-13-11-10-12-14-39)126-77-69(118-38(2)93)61(104)57(100)45(29-90)120-77/h10-16,18,41-51,53-79,89-91,94-95,97-109,111H,17,19-36H2,1-9H3,(H,88,92)/b18-15+/t41?,42?,43?,44?,45?,46?,47?,48?,49?,50?,51-,53?,54?,55?,56?,57?,58?,59?,60?,61?,62?,63?,64?,65?,66?,67?,68?,69?,70?,71?,72?,73?,74?,75?,76?,77?,78?,79?,83-,84+,85+,86-,87?/m0/s1. The van der Waals surface area contributed by atoms with Gasteiger partial charge in [0, 0.05) is 19.9 Å². The van der Waals surface area contributed by atoms with Gasteiger partial charge < -0.3 is 188 Å². The van der Waals surface area contributed by atoms with Crippen molar-refractivity contribution in [3.8, 4) is 0 Å². The van der Waals surface area contributed by atoms with Gasteiger partial charge in [0.2, 0.25) is 12.2 Å². The molecule has 12 fully saturated rings. The van der Waals surface area contributed by atoms with Gasteiger partial charge in [-0.05, 0) is 121 Å². The van der Waals surface area contributed by atoms with E-state index in [0.717, 1.165) is 18.6 Å². The van der Waals surface area contributed by atoms with E-state index in [1.165, 1.54) is 13.0 Å². The van der Waals surface area contributed by atoms with Crippen molar-refractivity contribution in [3.05, 3.63) is 53.6 Å². The first kappa shape index (κ1) is 100. The highest BCUT2D eigenvalue weighted by Crippen LogP contribution is 2.76. The van der Waals surface area contributed by atoms with Crippen LogP contribution in [0.1, 0.15) is 132 Å². The van der Waals surface area contributed by atoms with Gasteiger partial charge in [-0.25, -0.2) is 4.79 Å². The molecule has 5 aliphatic carbocycles. The summed E-state index contributed by atoms with van der Waals surface area (Å²) in [5, 5.41) is 214. The Morgan fingerprint density at radius 2 is 1.09 bits per heavy atom. The maximum atomic E-state index is 16.5. The number of carbonyl (C=O) groups is 4. The minimum atomic E-state index is -2.20. The van der Waals surface area contributed by atoms with Crippen LogP contribution in [-0.2, 0) is 104 Å². The number of carbonyl (C=O) groups excluding carboxylic acids is 4. The van der Waals surface area contributed by atoms with E-state index in [4.69, 9.17) is 85.3 Å². The Balaban J connectivity index is 0.744. The number of rotatable bonds is 26. The number of aliphatic hydroxyl groups is 19. The third-order valence-electron chi connectivity index (χ3n) is 30.5. The predicted molar refractivity (Wildman–Crippen MR) is 430 cm³/mol. The largest absolute Gasteiger partial charge is 0.460 e. The SMILES string of the molecule is CC(=O)NC1C(O[C@H]2CC[C@@]3(C)C(CC[C@]4(C)C3CC=C3C5CC(C)(C)CC[C@]5(C(=O)OC5OC(COC(=O)/C=C/c6ccccc6)C(OC6OC(CO)C(O)C(O)C6OC(C)=O)C(O)C5OC5OCC(OC6OCC(O)(CO)C6O)C(O)C5O)CC[C@]34C)C2(C)C)OC(COC2OCC(O)C(O)C2OC2OCC(O)C(O)C2O)C(OC2OC(CO)C(O)C(O)C2O)C1O. The van der Waals surface area contributed by atoms with Crippen LogP contribution in [0.15, 0.2) is 48.1 Å². The van der Waals surface area contributed by atoms with E-state index in [-0.39, 0.29) is 30.1 Å². The number of allylic oxidation sites excluding steroid dienone is 2. The highest BCUT2D eigenvalue weighted by Gasteiger charge is 2.71. The molecular formula is C87H131NO41. The highest BCUT2D eigenvalue weighted by atomic mass is 16.8. The molecule has 14 rings (SSSR count). The van der Waals surface area contributed by atoms with Crippen LogP contribution in [-0.4, -0.2) is 401 Å². The molecule has 1 amide bonds. The van der Waals surface area contributed by atoms with E-state index < -0.39 is 337 Å². The predicted octanol–water partition coefficient (Wildman–Crippen LogP) is -5.20. The van der Waals surface area contributed by atoms with Crippen LogP contribution in [0.3, 0.4) is 0 Å². The molecule has 0 spiro atoms. The summed E-state index contributed by atoms with van der Waals surface area (Å²) < 4.78 is 110. The smallest absolute Gasteiger partial charge is 0.330 e. The van der Waals surface area contributed by atoms with Crippen molar-refractivity contribution in [1.29, 1.82) is 0 Å². The van der Waals surface area contributed by atoms with Gasteiger partial charge in [0.25, 0.3) is 0 Å². The van der Waals surface area contributed by atoms with Gasteiger partial charge in [-0.1, -0.05) is 90.4 Å². The molecule has 4 saturated carbocycles. The summed E-state index contributed by atoms with van der Waals surface area (Å²) in [6.07, 6.45) is -50.8. The van der Waals surface area contributed by atoms with Crippen molar-refractivity contribution >= 4 is 29.9 Å². The zero-order valence-corrected chi connectivity index (χ0v) is 73.5. The van der Waals surface area contributed by atoms with Crippen molar-refractivity contribution in [3.63, 3.8) is 0 Å². The van der Waals surface area contributed by atoms with Gasteiger partial charge in [-0.2, -0.15) is 0 Å². The molecule has 1 aromatic carbocycles. The fourth-order valence-electron chi connectivity index (χ4n) is 22.8. The lowest BCUT2D eigenvalue weighted by Gasteiger charge is -2.71. The van der Waals surface area contributed by atoms with E-state index in [2.05, 4.69) is 59.9 Å². The molecule has 13 aliphatic rings. The van der Waals surface area contributed by atoms with E-state index in [0.29, 0.717) is 56.9 Å². The van der Waals surface area contributed by atoms with Gasteiger partial charge in [-0.15, -0.1) is 0 Å². The maximum absolute atomic E-state index is 16.5. The van der Waals surface area contributed by atoms with Crippen molar-refractivity contribution in [2.24, 2.45) is 50.2 Å². The van der Waals surface area contributed by atoms with Crippen molar-refractivity contribution in [2.75, 3.05) is 59.5 Å². The zero-order chi connectivity index (χ0) is 93.4. The molecule has 8 heterocycles. The average Bonchev–Trinajstić information content (AvgIpc) is 0.853. The Kier molecular flexibility index (Phi) is 30.9. The van der Waals surface area contributed by atoms with E-state index >= 15 is 4.79 Å². The van der Waals surface area contributed by atoms with Crippen molar-refractivity contribution in [2.45, 2.75) is 347 Å². The van der Waals surface area contributed by atoms with Crippen LogP contribution in [0.5, 0.6) is 0 Å². The molecule has 8 aliphatic heterocycles. The summed E-state index contributed by atoms with van der Waals surface area (Å²) in [6.45, 7) is 11.1. The van der Waals surface area contributed by atoms with Crippen LogP contribution < -0.4 is 5.32 Å². The molecule has 0 aromatic heterocycles. The first-order chi connectivity index (χ1) is 60.9.